The Morgan fingerprint density at radius 3 is 2.62 bits per heavy atom. The number of piperazine rings is 1. The lowest BCUT2D eigenvalue weighted by Crippen LogP contribution is -2.44. The van der Waals surface area contributed by atoms with E-state index in [4.69, 9.17) is 0 Å². The van der Waals surface area contributed by atoms with Gasteiger partial charge >= 0.3 is 0 Å². The van der Waals surface area contributed by atoms with E-state index in [9.17, 15) is 0 Å². The number of likely N-dealkylation sites (N-methyl/N-ethyl adjacent to an activating group) is 1. The number of hydrogen-bond acceptors (Lipinski definition) is 6. The zero-order valence-electron chi connectivity index (χ0n) is 21.4. The third-order valence-electron chi connectivity index (χ3n) is 7.13. The van der Waals surface area contributed by atoms with Gasteiger partial charge in [-0.25, -0.2) is 0 Å². The molecule has 5 heterocycles. The van der Waals surface area contributed by atoms with Crippen LogP contribution in [0.25, 0.3) is 44.3 Å². The van der Waals surface area contributed by atoms with E-state index < -0.39 is 0 Å². The van der Waals surface area contributed by atoms with Crippen LogP contribution in [0.3, 0.4) is 0 Å². The van der Waals surface area contributed by atoms with Gasteiger partial charge in [0.1, 0.15) is 5.69 Å². The maximum atomic E-state index is 4.69. The molecule has 1 aliphatic heterocycles. The fraction of sp³-hybridized carbons (Fsp3) is 0.276. The molecule has 8 heteroatoms. The minimum absolute atomic E-state index is 0.899. The van der Waals surface area contributed by atoms with Gasteiger partial charge in [-0.15, -0.1) is 0 Å². The summed E-state index contributed by atoms with van der Waals surface area (Å²) in [5.41, 5.74) is 9.14. The largest absolute Gasteiger partial charge is 0.367 e. The molecule has 4 aromatic heterocycles. The molecule has 0 radical (unpaired) electrons. The number of fused-ring (bicyclic) bond motifs is 2. The minimum Gasteiger partial charge on any atom is -0.367 e. The normalized spacial score (nSPS) is 14.5. The van der Waals surface area contributed by atoms with Gasteiger partial charge in [-0.1, -0.05) is 26.0 Å². The molecule has 5 aromatic rings. The molecular weight excluding hydrogens is 460 g/mol. The Hall–Kier alpha value is -4.17. The van der Waals surface area contributed by atoms with Gasteiger partial charge in [-0.05, 0) is 43.3 Å². The highest BCUT2D eigenvalue weighted by molar-refractivity contribution is 6.00. The number of benzene rings is 1. The second-order valence-corrected chi connectivity index (χ2v) is 9.87. The molecule has 1 aromatic carbocycles. The van der Waals surface area contributed by atoms with Crippen molar-refractivity contribution in [3.05, 3.63) is 67.4 Å². The summed E-state index contributed by atoms with van der Waals surface area (Å²) in [6.45, 7) is 10.4. The smallest absolute Gasteiger partial charge is 0.116 e. The van der Waals surface area contributed by atoms with Crippen molar-refractivity contribution in [2.45, 2.75) is 19.8 Å². The molecule has 1 fully saturated rings. The summed E-state index contributed by atoms with van der Waals surface area (Å²) in [6, 6.07) is 10.7. The molecule has 8 nitrogen and oxygen atoms in total. The first-order valence-electron chi connectivity index (χ1n) is 12.9. The van der Waals surface area contributed by atoms with Crippen molar-refractivity contribution in [3.8, 4) is 22.5 Å². The van der Waals surface area contributed by atoms with Crippen LogP contribution in [0.2, 0.25) is 0 Å². The number of allylic oxidation sites excluding steroid dienone is 1. The number of nitrogens with one attached hydrogen (secondary N) is 3. The maximum absolute atomic E-state index is 4.69. The van der Waals surface area contributed by atoms with Crippen molar-refractivity contribution >= 4 is 33.2 Å². The summed E-state index contributed by atoms with van der Waals surface area (Å²) < 4.78 is 0. The van der Waals surface area contributed by atoms with Gasteiger partial charge in [0.2, 0.25) is 0 Å². The monoisotopic (exact) mass is 492 g/mol. The number of hydrogen-bond donors (Lipinski definition) is 3. The SMILES string of the molecule is C=C(CCC)Nc1cncc(-c2ccc3[nH]nc(-c4cc5c(N6CCN(C)CC6)cncc5[nH]4)c3c2)c1. The van der Waals surface area contributed by atoms with Crippen LogP contribution in [0, 0.1) is 0 Å². The van der Waals surface area contributed by atoms with E-state index in [1.54, 1.807) is 0 Å². The van der Waals surface area contributed by atoms with Crippen LogP contribution in [-0.2, 0) is 0 Å². The van der Waals surface area contributed by atoms with Crippen molar-refractivity contribution in [2.24, 2.45) is 0 Å². The number of anilines is 2. The summed E-state index contributed by atoms with van der Waals surface area (Å²) in [5.74, 6) is 0. The molecule has 0 bridgehead atoms. The number of H-pyrrole nitrogens is 2. The molecule has 0 unspecified atom stereocenters. The van der Waals surface area contributed by atoms with Gasteiger partial charge in [0.05, 0.1) is 46.7 Å². The number of aromatic nitrogens is 5. The van der Waals surface area contributed by atoms with Gasteiger partial charge in [0.25, 0.3) is 0 Å². The molecule has 188 valence electrons. The Morgan fingerprint density at radius 1 is 0.946 bits per heavy atom. The molecule has 0 atom stereocenters. The summed E-state index contributed by atoms with van der Waals surface area (Å²) in [7, 11) is 2.17. The Kier molecular flexibility index (Phi) is 6.10. The molecule has 0 spiro atoms. The molecule has 6 rings (SSSR count). The topological polar surface area (TPSA) is 88.8 Å². The van der Waals surface area contributed by atoms with Gasteiger partial charge in [0, 0.05) is 54.4 Å². The van der Waals surface area contributed by atoms with Crippen molar-refractivity contribution in [2.75, 3.05) is 43.4 Å². The first-order chi connectivity index (χ1) is 18.1. The summed E-state index contributed by atoms with van der Waals surface area (Å²) in [5, 5.41) is 13.5. The van der Waals surface area contributed by atoms with Crippen LogP contribution in [0.1, 0.15) is 19.8 Å². The Balaban J connectivity index is 1.35. The first kappa shape index (κ1) is 23.2. The highest BCUT2D eigenvalue weighted by Crippen LogP contribution is 2.35. The van der Waals surface area contributed by atoms with E-state index in [2.05, 4.69) is 91.1 Å². The number of pyridine rings is 2. The predicted molar refractivity (Wildman–Crippen MR) is 152 cm³/mol. The quantitative estimate of drug-likeness (QED) is 0.272. The standard InChI is InChI=1S/C29H32N8/c1-4-5-19(2)32-22-12-21(15-30-16-22)20-6-7-25-24(13-20)29(35-34-25)26-14-23-27(33-26)17-31-18-28(23)37-10-8-36(3)9-11-37/h6-7,12-18,32-33H,2,4-5,8-11H2,1,3H3,(H,34,35). The number of aromatic amines is 2. The molecule has 1 saturated heterocycles. The van der Waals surface area contributed by atoms with Gasteiger partial charge in [-0.2, -0.15) is 5.10 Å². The molecule has 37 heavy (non-hydrogen) atoms. The van der Waals surface area contributed by atoms with Crippen molar-refractivity contribution in [3.63, 3.8) is 0 Å². The third-order valence-corrected chi connectivity index (χ3v) is 7.13. The van der Waals surface area contributed by atoms with E-state index in [1.165, 1.54) is 11.1 Å². The van der Waals surface area contributed by atoms with Crippen LogP contribution in [0.15, 0.2) is 67.4 Å². The lowest BCUT2D eigenvalue weighted by molar-refractivity contribution is 0.313. The van der Waals surface area contributed by atoms with E-state index in [0.29, 0.717) is 0 Å². The number of rotatable bonds is 7. The molecule has 0 saturated carbocycles. The number of nitrogens with zero attached hydrogens (tertiary/aromatic N) is 5. The lowest BCUT2D eigenvalue weighted by Gasteiger charge is -2.34. The average Bonchev–Trinajstić information content (AvgIpc) is 3.53. The Labute approximate surface area is 216 Å². The third kappa shape index (κ3) is 4.56. The van der Waals surface area contributed by atoms with E-state index >= 15 is 0 Å². The van der Waals surface area contributed by atoms with E-state index in [1.807, 2.05) is 24.8 Å². The average molecular weight is 493 g/mol. The summed E-state index contributed by atoms with van der Waals surface area (Å²) >= 11 is 0. The first-order valence-corrected chi connectivity index (χ1v) is 12.9. The summed E-state index contributed by atoms with van der Waals surface area (Å²) in [6.07, 6.45) is 9.60. The zero-order chi connectivity index (χ0) is 25.4. The zero-order valence-corrected chi connectivity index (χ0v) is 21.4. The Morgan fingerprint density at radius 2 is 1.78 bits per heavy atom. The van der Waals surface area contributed by atoms with Crippen molar-refractivity contribution in [1.29, 1.82) is 0 Å². The van der Waals surface area contributed by atoms with E-state index in [0.717, 1.165) is 89.3 Å². The van der Waals surface area contributed by atoms with Gasteiger partial charge in [-0.3, -0.25) is 15.1 Å². The fourth-order valence-corrected chi connectivity index (χ4v) is 5.10. The van der Waals surface area contributed by atoms with Gasteiger partial charge < -0.3 is 20.1 Å². The molecular formula is C29H32N8. The van der Waals surface area contributed by atoms with Crippen LogP contribution in [0.5, 0.6) is 0 Å². The highest BCUT2D eigenvalue weighted by Gasteiger charge is 2.19. The van der Waals surface area contributed by atoms with Crippen LogP contribution in [-0.4, -0.2) is 63.3 Å². The van der Waals surface area contributed by atoms with Crippen molar-refractivity contribution < 1.29 is 0 Å². The second-order valence-electron chi connectivity index (χ2n) is 9.87. The van der Waals surface area contributed by atoms with E-state index in [-0.39, 0.29) is 0 Å². The molecule has 0 aliphatic carbocycles. The molecule has 0 amide bonds. The fourth-order valence-electron chi connectivity index (χ4n) is 5.10. The summed E-state index contributed by atoms with van der Waals surface area (Å²) in [4.78, 5) is 17.3. The molecule has 1 aliphatic rings. The lowest BCUT2D eigenvalue weighted by atomic mass is 10.0. The van der Waals surface area contributed by atoms with Crippen molar-refractivity contribution in [1.82, 2.24) is 30.0 Å². The van der Waals surface area contributed by atoms with Crippen LogP contribution in [0.4, 0.5) is 11.4 Å². The highest BCUT2D eigenvalue weighted by atomic mass is 15.3. The van der Waals surface area contributed by atoms with Crippen LogP contribution < -0.4 is 10.2 Å². The van der Waals surface area contributed by atoms with Gasteiger partial charge in [0.15, 0.2) is 0 Å². The predicted octanol–water partition coefficient (Wildman–Crippen LogP) is 5.65. The molecule has 3 N–H and O–H groups in total. The maximum Gasteiger partial charge on any atom is 0.116 e. The van der Waals surface area contributed by atoms with Crippen LogP contribution >= 0.6 is 0 Å². The second kappa shape index (κ2) is 9.71. The Bertz CT molecular complexity index is 1570. The minimum atomic E-state index is 0.899.